The molecule has 3 nitrogen and oxygen atoms in total. The summed E-state index contributed by atoms with van der Waals surface area (Å²) in [5, 5.41) is 3.48. The van der Waals surface area contributed by atoms with Crippen molar-refractivity contribution in [1.82, 2.24) is 5.32 Å². The van der Waals surface area contributed by atoms with Crippen LogP contribution in [0.2, 0.25) is 0 Å². The first-order valence-electron chi connectivity index (χ1n) is 7.97. The number of nitrogens with one attached hydrogen (secondary N) is 1. The number of benzene rings is 1. The molecule has 1 aromatic carbocycles. The van der Waals surface area contributed by atoms with Crippen LogP contribution in [-0.2, 0) is 4.74 Å². The Balaban J connectivity index is 1.79. The minimum atomic E-state index is 0.505. The summed E-state index contributed by atoms with van der Waals surface area (Å²) in [6, 6.07) is 9.43. The minimum absolute atomic E-state index is 0.505. The molecular weight excluding hydrogens is 248 g/mol. The highest BCUT2D eigenvalue weighted by molar-refractivity contribution is 5.55. The molecule has 1 aromatic rings. The van der Waals surface area contributed by atoms with E-state index in [-0.39, 0.29) is 0 Å². The molecule has 2 aliphatic rings. The molecule has 0 amide bonds. The van der Waals surface area contributed by atoms with Gasteiger partial charge in [-0.25, -0.2) is 0 Å². The van der Waals surface area contributed by atoms with Crippen LogP contribution in [0.1, 0.15) is 37.3 Å². The van der Waals surface area contributed by atoms with Gasteiger partial charge in [0, 0.05) is 38.0 Å². The Labute approximate surface area is 122 Å². The molecule has 0 spiro atoms. The van der Waals surface area contributed by atoms with E-state index in [0.717, 1.165) is 19.1 Å². The topological polar surface area (TPSA) is 24.5 Å². The van der Waals surface area contributed by atoms with Crippen molar-refractivity contribution in [1.29, 1.82) is 0 Å². The van der Waals surface area contributed by atoms with E-state index in [1.807, 2.05) is 0 Å². The van der Waals surface area contributed by atoms with Gasteiger partial charge in [-0.3, -0.25) is 0 Å². The summed E-state index contributed by atoms with van der Waals surface area (Å²) in [6.07, 6.45) is 4.93. The van der Waals surface area contributed by atoms with Gasteiger partial charge in [-0.1, -0.05) is 18.2 Å². The van der Waals surface area contributed by atoms with E-state index < -0.39 is 0 Å². The quantitative estimate of drug-likeness (QED) is 0.917. The van der Waals surface area contributed by atoms with E-state index in [9.17, 15) is 0 Å². The molecule has 3 heteroatoms. The van der Waals surface area contributed by atoms with Gasteiger partial charge in [-0.15, -0.1) is 0 Å². The third-order valence-corrected chi connectivity index (χ3v) is 4.74. The van der Waals surface area contributed by atoms with Crippen LogP contribution in [0.5, 0.6) is 0 Å². The van der Waals surface area contributed by atoms with Crippen molar-refractivity contribution in [2.45, 2.75) is 31.7 Å². The molecule has 0 aliphatic carbocycles. The van der Waals surface area contributed by atoms with Crippen LogP contribution in [0.4, 0.5) is 5.69 Å². The second-order valence-electron chi connectivity index (χ2n) is 6.04. The molecule has 1 atom stereocenters. The average molecular weight is 274 g/mol. The highest BCUT2D eigenvalue weighted by atomic mass is 16.5. The summed E-state index contributed by atoms with van der Waals surface area (Å²) in [4.78, 5) is 2.61. The molecule has 3 rings (SSSR count). The fourth-order valence-electron chi connectivity index (χ4n) is 3.56. The van der Waals surface area contributed by atoms with Crippen LogP contribution in [0.15, 0.2) is 24.3 Å². The second-order valence-corrected chi connectivity index (χ2v) is 6.04. The molecule has 0 saturated carbocycles. The van der Waals surface area contributed by atoms with E-state index in [1.54, 1.807) is 0 Å². The highest BCUT2D eigenvalue weighted by Gasteiger charge is 2.24. The third-order valence-electron chi connectivity index (χ3n) is 4.74. The van der Waals surface area contributed by atoms with Gasteiger partial charge in [0.2, 0.25) is 0 Å². The first-order valence-corrected chi connectivity index (χ1v) is 7.97. The molecule has 0 bridgehead atoms. The first-order chi connectivity index (χ1) is 9.88. The molecule has 1 unspecified atom stereocenters. The van der Waals surface area contributed by atoms with Gasteiger partial charge in [0.05, 0.1) is 0 Å². The minimum Gasteiger partial charge on any atom is -0.381 e. The van der Waals surface area contributed by atoms with Gasteiger partial charge in [0.25, 0.3) is 0 Å². The molecule has 1 fully saturated rings. The lowest BCUT2D eigenvalue weighted by atomic mass is 9.98. The van der Waals surface area contributed by atoms with Crippen LogP contribution >= 0.6 is 0 Å². The lowest BCUT2D eigenvalue weighted by molar-refractivity contribution is 0.0682. The van der Waals surface area contributed by atoms with Crippen LogP contribution in [-0.4, -0.2) is 33.4 Å². The Kier molecular flexibility index (Phi) is 4.58. The first kappa shape index (κ1) is 13.9. The maximum atomic E-state index is 5.49. The summed E-state index contributed by atoms with van der Waals surface area (Å²) < 4.78 is 5.49. The van der Waals surface area contributed by atoms with E-state index in [0.29, 0.717) is 6.04 Å². The zero-order valence-electron chi connectivity index (χ0n) is 12.5. The number of nitrogens with zero attached hydrogens (tertiary/aromatic N) is 1. The van der Waals surface area contributed by atoms with E-state index >= 15 is 0 Å². The fraction of sp³-hybridized carbons (Fsp3) is 0.647. The number of anilines is 1. The van der Waals surface area contributed by atoms with Crippen LogP contribution in [0, 0.1) is 5.92 Å². The summed E-state index contributed by atoms with van der Waals surface area (Å²) in [6.45, 7) is 4.27. The van der Waals surface area contributed by atoms with Crippen LogP contribution in [0.25, 0.3) is 0 Å². The Morgan fingerprint density at radius 1 is 1.20 bits per heavy atom. The van der Waals surface area contributed by atoms with E-state index in [4.69, 9.17) is 4.74 Å². The van der Waals surface area contributed by atoms with Crippen molar-refractivity contribution >= 4 is 5.69 Å². The number of ether oxygens (including phenoxy) is 1. The molecule has 0 radical (unpaired) electrons. The lowest BCUT2D eigenvalue weighted by Crippen LogP contribution is -2.33. The largest absolute Gasteiger partial charge is 0.381 e. The lowest BCUT2D eigenvalue weighted by Gasteiger charge is -2.31. The number of hydrogen-bond donors (Lipinski definition) is 1. The molecule has 20 heavy (non-hydrogen) atoms. The van der Waals surface area contributed by atoms with Crippen molar-refractivity contribution in [3.63, 3.8) is 0 Å². The highest BCUT2D eigenvalue weighted by Crippen LogP contribution is 2.33. The monoisotopic (exact) mass is 274 g/mol. The maximum absolute atomic E-state index is 5.49. The van der Waals surface area contributed by atoms with Crippen LogP contribution < -0.4 is 10.2 Å². The smallest absolute Gasteiger partial charge is 0.0469 e. The van der Waals surface area contributed by atoms with Crippen molar-refractivity contribution in [2.24, 2.45) is 5.92 Å². The van der Waals surface area contributed by atoms with Gasteiger partial charge in [0.1, 0.15) is 0 Å². The van der Waals surface area contributed by atoms with Gasteiger partial charge in [0.15, 0.2) is 0 Å². The molecule has 1 N–H and O–H groups in total. The Hall–Kier alpha value is -1.06. The van der Waals surface area contributed by atoms with Crippen molar-refractivity contribution < 1.29 is 4.74 Å². The molecule has 2 aliphatic heterocycles. The van der Waals surface area contributed by atoms with Gasteiger partial charge < -0.3 is 15.0 Å². The van der Waals surface area contributed by atoms with Gasteiger partial charge in [-0.05, 0) is 50.3 Å². The predicted octanol–water partition coefficient (Wildman–Crippen LogP) is 2.97. The second kappa shape index (κ2) is 6.59. The van der Waals surface area contributed by atoms with Crippen LogP contribution in [0.3, 0.4) is 0 Å². The van der Waals surface area contributed by atoms with Crippen molar-refractivity contribution in [3.8, 4) is 0 Å². The Morgan fingerprint density at radius 2 is 2.00 bits per heavy atom. The van der Waals surface area contributed by atoms with Crippen molar-refractivity contribution in [2.75, 3.05) is 38.3 Å². The zero-order chi connectivity index (χ0) is 13.8. The fourth-order valence-corrected chi connectivity index (χ4v) is 3.56. The van der Waals surface area contributed by atoms with E-state index in [1.165, 1.54) is 50.0 Å². The van der Waals surface area contributed by atoms with E-state index in [2.05, 4.69) is 41.5 Å². The van der Waals surface area contributed by atoms with Gasteiger partial charge >= 0.3 is 0 Å². The molecular formula is C17H26N2O. The standard InChI is InChI=1S/C17H26N2O/c1-18-16-6-4-10-19(13-14-8-11-20-12-9-14)17-7-3-2-5-15(16)17/h2-3,5,7,14,16,18H,4,6,8-13H2,1H3. The molecule has 0 aromatic heterocycles. The summed E-state index contributed by atoms with van der Waals surface area (Å²) in [5.41, 5.74) is 2.91. The van der Waals surface area contributed by atoms with Crippen molar-refractivity contribution in [3.05, 3.63) is 29.8 Å². The Morgan fingerprint density at radius 3 is 2.80 bits per heavy atom. The summed E-state index contributed by atoms with van der Waals surface area (Å²) >= 11 is 0. The predicted molar refractivity (Wildman–Crippen MR) is 83.2 cm³/mol. The summed E-state index contributed by atoms with van der Waals surface area (Å²) in [7, 11) is 2.08. The number of para-hydroxylation sites is 1. The maximum Gasteiger partial charge on any atom is 0.0469 e. The number of hydrogen-bond acceptors (Lipinski definition) is 3. The molecule has 1 saturated heterocycles. The molecule has 2 heterocycles. The Bertz CT molecular complexity index is 429. The summed E-state index contributed by atoms with van der Waals surface area (Å²) in [5.74, 6) is 0.794. The SMILES string of the molecule is CNC1CCCN(CC2CCOCC2)c2ccccc21. The number of fused-ring (bicyclic) bond motifs is 1. The normalized spacial score (nSPS) is 24.2. The third kappa shape index (κ3) is 2.99. The van der Waals surface area contributed by atoms with Gasteiger partial charge in [-0.2, -0.15) is 0 Å². The average Bonchev–Trinajstić information content (AvgIpc) is 2.68. The number of rotatable bonds is 3. The molecule has 110 valence electrons. The zero-order valence-corrected chi connectivity index (χ0v) is 12.5.